The molecule has 1 atom stereocenters. The van der Waals surface area contributed by atoms with Gasteiger partial charge in [0.05, 0.1) is 0 Å². The van der Waals surface area contributed by atoms with Gasteiger partial charge < -0.3 is 10.5 Å². The van der Waals surface area contributed by atoms with Crippen molar-refractivity contribution in [1.29, 1.82) is 0 Å². The molecule has 2 N–H and O–H groups in total. The number of carbonyl (C=O) groups is 1. The van der Waals surface area contributed by atoms with Crippen molar-refractivity contribution in [3.8, 4) is 0 Å². The highest BCUT2D eigenvalue weighted by Crippen LogP contribution is 2.12. The van der Waals surface area contributed by atoms with Crippen LogP contribution in [0.15, 0.2) is 24.3 Å². The summed E-state index contributed by atoms with van der Waals surface area (Å²) in [5.41, 5.74) is 7.60. The van der Waals surface area contributed by atoms with Crippen molar-refractivity contribution in [3.63, 3.8) is 0 Å². The lowest BCUT2D eigenvalue weighted by Crippen LogP contribution is -2.38. The summed E-state index contributed by atoms with van der Waals surface area (Å²) in [6.45, 7) is 7.53. The highest BCUT2D eigenvalue weighted by Gasteiger charge is 2.22. The Bertz CT molecular complexity index is 393. The van der Waals surface area contributed by atoms with Crippen molar-refractivity contribution in [2.45, 2.75) is 45.8 Å². The molecule has 0 aliphatic rings. The van der Waals surface area contributed by atoms with Crippen molar-refractivity contribution in [2.24, 2.45) is 5.73 Å². The van der Waals surface area contributed by atoms with E-state index < -0.39 is 11.6 Å². The molecule has 0 aliphatic heterocycles. The fourth-order valence-electron chi connectivity index (χ4n) is 1.54. The molecule has 0 saturated heterocycles. The molecule has 3 nitrogen and oxygen atoms in total. The average molecular weight is 235 g/mol. The minimum absolute atomic E-state index is 0.347. The summed E-state index contributed by atoms with van der Waals surface area (Å²) < 4.78 is 5.25. The minimum atomic E-state index is -0.602. The van der Waals surface area contributed by atoms with Gasteiger partial charge in [0.15, 0.2) is 0 Å². The van der Waals surface area contributed by atoms with Gasteiger partial charge in [-0.2, -0.15) is 0 Å². The molecule has 0 amide bonds. The first-order chi connectivity index (χ1) is 7.79. The van der Waals surface area contributed by atoms with E-state index in [0.29, 0.717) is 6.42 Å². The zero-order valence-electron chi connectivity index (χ0n) is 11.0. The molecule has 0 bridgehead atoms. The van der Waals surface area contributed by atoms with Crippen LogP contribution in [0.5, 0.6) is 0 Å². The molecule has 0 aliphatic carbocycles. The number of hydrogen-bond donors (Lipinski definition) is 1. The summed E-state index contributed by atoms with van der Waals surface area (Å²) >= 11 is 0. The Balaban J connectivity index is 2.64. The van der Waals surface area contributed by atoms with Crippen molar-refractivity contribution in [3.05, 3.63) is 35.4 Å². The van der Waals surface area contributed by atoms with E-state index in [1.807, 2.05) is 52.0 Å². The number of esters is 1. The highest BCUT2D eigenvalue weighted by molar-refractivity contribution is 5.76. The first-order valence-corrected chi connectivity index (χ1v) is 5.82. The van der Waals surface area contributed by atoms with Crippen molar-refractivity contribution in [1.82, 2.24) is 0 Å². The van der Waals surface area contributed by atoms with Crippen LogP contribution < -0.4 is 5.73 Å². The number of ether oxygens (including phenoxy) is 1. The molecule has 94 valence electrons. The normalized spacial score (nSPS) is 13.2. The van der Waals surface area contributed by atoms with Gasteiger partial charge in [0.2, 0.25) is 0 Å². The van der Waals surface area contributed by atoms with Gasteiger partial charge in [-0.05, 0) is 45.2 Å². The maximum absolute atomic E-state index is 11.7. The van der Waals surface area contributed by atoms with Crippen molar-refractivity contribution < 1.29 is 9.53 Å². The lowest BCUT2D eigenvalue weighted by molar-refractivity contribution is -0.156. The Morgan fingerprint density at radius 2 is 1.94 bits per heavy atom. The molecular weight excluding hydrogens is 214 g/mol. The molecule has 1 aromatic carbocycles. The fraction of sp³-hybridized carbons (Fsp3) is 0.500. The third-order valence-electron chi connectivity index (χ3n) is 2.41. The number of aryl methyl sites for hydroxylation is 1. The largest absolute Gasteiger partial charge is 0.459 e. The Morgan fingerprint density at radius 3 is 2.47 bits per heavy atom. The van der Waals surface area contributed by atoms with E-state index in [0.717, 1.165) is 11.1 Å². The number of nitrogens with two attached hydrogens (primary N) is 1. The van der Waals surface area contributed by atoms with Gasteiger partial charge in [-0.15, -0.1) is 0 Å². The minimum Gasteiger partial charge on any atom is -0.459 e. The summed E-state index contributed by atoms with van der Waals surface area (Å²) in [6, 6.07) is 7.31. The summed E-state index contributed by atoms with van der Waals surface area (Å²) in [6.07, 6.45) is 0.515. The Kier molecular flexibility index (Phi) is 4.29. The molecule has 17 heavy (non-hydrogen) atoms. The Hall–Kier alpha value is -1.35. The molecule has 0 saturated carbocycles. The maximum Gasteiger partial charge on any atom is 0.323 e. The zero-order chi connectivity index (χ0) is 13.1. The zero-order valence-corrected chi connectivity index (χ0v) is 11.0. The van der Waals surface area contributed by atoms with Gasteiger partial charge >= 0.3 is 5.97 Å². The molecule has 0 heterocycles. The van der Waals surface area contributed by atoms with E-state index in [1.54, 1.807) is 0 Å². The number of rotatable bonds is 3. The Labute approximate surface area is 103 Å². The van der Waals surface area contributed by atoms with Crippen LogP contribution in [-0.2, 0) is 16.0 Å². The second-order valence-electron chi connectivity index (χ2n) is 5.27. The monoisotopic (exact) mass is 235 g/mol. The van der Waals surface area contributed by atoms with Crippen molar-refractivity contribution >= 4 is 5.97 Å². The van der Waals surface area contributed by atoms with Crippen LogP contribution in [0.2, 0.25) is 0 Å². The summed E-state index contributed by atoms with van der Waals surface area (Å²) in [7, 11) is 0. The maximum atomic E-state index is 11.7. The average Bonchev–Trinajstić information content (AvgIpc) is 2.18. The van der Waals surface area contributed by atoms with Gasteiger partial charge in [-0.25, -0.2) is 0 Å². The molecular formula is C14H21NO2. The molecule has 0 aromatic heterocycles. The molecule has 3 heteroatoms. The van der Waals surface area contributed by atoms with Crippen LogP contribution in [0.3, 0.4) is 0 Å². The van der Waals surface area contributed by atoms with Gasteiger partial charge in [-0.3, -0.25) is 4.79 Å². The van der Waals surface area contributed by atoms with E-state index in [-0.39, 0.29) is 5.97 Å². The van der Waals surface area contributed by atoms with Crippen LogP contribution in [0.1, 0.15) is 31.9 Å². The highest BCUT2D eigenvalue weighted by atomic mass is 16.6. The van der Waals surface area contributed by atoms with Crippen molar-refractivity contribution in [2.75, 3.05) is 0 Å². The number of hydrogen-bond acceptors (Lipinski definition) is 3. The summed E-state index contributed by atoms with van der Waals surface area (Å²) in [5.74, 6) is -0.347. The molecule has 0 spiro atoms. The predicted octanol–water partition coefficient (Wildman–Crippen LogP) is 2.21. The van der Waals surface area contributed by atoms with Crippen LogP contribution in [-0.4, -0.2) is 17.6 Å². The van der Waals surface area contributed by atoms with Crippen LogP contribution in [0.25, 0.3) is 0 Å². The molecule has 1 unspecified atom stereocenters. The predicted molar refractivity (Wildman–Crippen MR) is 68.7 cm³/mol. The number of benzene rings is 1. The van der Waals surface area contributed by atoms with Gasteiger partial charge in [-0.1, -0.05) is 24.3 Å². The van der Waals surface area contributed by atoms with E-state index in [9.17, 15) is 4.79 Å². The van der Waals surface area contributed by atoms with E-state index >= 15 is 0 Å². The smallest absolute Gasteiger partial charge is 0.323 e. The quantitative estimate of drug-likeness (QED) is 0.817. The van der Waals surface area contributed by atoms with E-state index in [4.69, 9.17) is 10.5 Å². The van der Waals surface area contributed by atoms with Crippen LogP contribution in [0.4, 0.5) is 0 Å². The lowest BCUT2D eigenvalue weighted by atomic mass is 10.0. The third-order valence-corrected chi connectivity index (χ3v) is 2.41. The third kappa shape index (κ3) is 4.57. The summed E-state index contributed by atoms with van der Waals surface area (Å²) in [5, 5.41) is 0. The summed E-state index contributed by atoms with van der Waals surface area (Å²) in [4.78, 5) is 11.7. The SMILES string of the molecule is Cc1ccccc1CC(N)C(=O)OC(C)(C)C. The van der Waals surface area contributed by atoms with Crippen LogP contribution in [0, 0.1) is 6.92 Å². The first kappa shape index (κ1) is 13.7. The van der Waals surface area contributed by atoms with Crippen LogP contribution >= 0.6 is 0 Å². The second kappa shape index (κ2) is 5.32. The van der Waals surface area contributed by atoms with E-state index in [1.165, 1.54) is 0 Å². The molecule has 0 fully saturated rings. The van der Waals surface area contributed by atoms with Gasteiger partial charge in [0, 0.05) is 0 Å². The van der Waals surface area contributed by atoms with Gasteiger partial charge in [0.25, 0.3) is 0 Å². The molecule has 0 radical (unpaired) electrons. The standard InChI is InChI=1S/C14H21NO2/c1-10-7-5-6-8-11(10)9-12(15)13(16)17-14(2,3)4/h5-8,12H,9,15H2,1-4H3. The molecule has 1 rings (SSSR count). The topological polar surface area (TPSA) is 52.3 Å². The van der Waals surface area contributed by atoms with E-state index in [2.05, 4.69) is 0 Å². The second-order valence-corrected chi connectivity index (χ2v) is 5.27. The van der Waals surface area contributed by atoms with Gasteiger partial charge in [0.1, 0.15) is 11.6 Å². The molecule has 1 aromatic rings. The fourth-order valence-corrected chi connectivity index (χ4v) is 1.54. The lowest BCUT2D eigenvalue weighted by Gasteiger charge is -2.22. The first-order valence-electron chi connectivity index (χ1n) is 5.82. The Morgan fingerprint density at radius 1 is 1.35 bits per heavy atom. The number of carbonyl (C=O) groups excluding carboxylic acids is 1.